The van der Waals surface area contributed by atoms with E-state index in [1.54, 1.807) is 35.1 Å². The topological polar surface area (TPSA) is 49.9 Å². The van der Waals surface area contributed by atoms with Gasteiger partial charge in [0.2, 0.25) is 5.91 Å². The number of fused-ring (bicyclic) bond motifs is 1. The van der Waals surface area contributed by atoms with Crippen molar-refractivity contribution in [2.45, 2.75) is 26.0 Å². The molecule has 3 rings (SSSR count). The lowest BCUT2D eigenvalue weighted by atomic mass is 10.1. The van der Waals surface area contributed by atoms with E-state index in [9.17, 15) is 9.59 Å². The summed E-state index contributed by atoms with van der Waals surface area (Å²) in [5, 5.41) is 2.00. The first kappa shape index (κ1) is 16.5. The Balaban J connectivity index is 1.65. The largest absolute Gasteiger partial charge is 0.479 e. The Morgan fingerprint density at radius 3 is 2.83 bits per heavy atom. The number of hydrogen-bond acceptors (Lipinski definition) is 4. The Morgan fingerprint density at radius 1 is 1.29 bits per heavy atom. The molecule has 2 aromatic rings. The van der Waals surface area contributed by atoms with Crippen LogP contribution < -0.4 is 9.64 Å². The van der Waals surface area contributed by atoms with Gasteiger partial charge in [0.15, 0.2) is 6.10 Å². The first-order valence-electron chi connectivity index (χ1n) is 7.89. The zero-order valence-corrected chi connectivity index (χ0v) is 14.6. The van der Waals surface area contributed by atoms with Crippen molar-refractivity contribution in [2.75, 3.05) is 18.5 Å². The molecule has 1 aromatic carbocycles. The van der Waals surface area contributed by atoms with Gasteiger partial charge in [0, 0.05) is 24.9 Å². The lowest BCUT2D eigenvalue weighted by Gasteiger charge is -2.33. The fraction of sp³-hybridized carbons (Fsp3) is 0.333. The van der Waals surface area contributed by atoms with Crippen LogP contribution in [-0.2, 0) is 16.1 Å². The molecule has 1 aliphatic rings. The van der Waals surface area contributed by atoms with E-state index in [-0.39, 0.29) is 18.2 Å². The average Bonchev–Trinajstić information content (AvgIpc) is 3.08. The summed E-state index contributed by atoms with van der Waals surface area (Å²) in [4.78, 5) is 29.3. The van der Waals surface area contributed by atoms with Crippen LogP contribution in [0.5, 0.6) is 5.75 Å². The highest BCUT2D eigenvalue weighted by atomic mass is 32.1. The van der Waals surface area contributed by atoms with Gasteiger partial charge < -0.3 is 14.5 Å². The number of para-hydroxylation sites is 2. The van der Waals surface area contributed by atoms with E-state index in [0.717, 1.165) is 10.6 Å². The number of anilines is 1. The van der Waals surface area contributed by atoms with Crippen LogP contribution >= 0.6 is 11.3 Å². The van der Waals surface area contributed by atoms with Gasteiger partial charge in [-0.25, -0.2) is 0 Å². The van der Waals surface area contributed by atoms with Gasteiger partial charge in [0.05, 0.1) is 12.2 Å². The molecular formula is C18H20N2O3S. The standard InChI is InChI=1S/C18H20N2O3S/c1-13-18(22)20(15-7-3-4-8-16(15)23-13)10-9-17(21)19(2)12-14-6-5-11-24-14/h3-8,11,13H,9-10,12H2,1-2H3. The van der Waals surface area contributed by atoms with Crippen molar-refractivity contribution >= 4 is 28.8 Å². The van der Waals surface area contributed by atoms with Crippen molar-refractivity contribution in [2.24, 2.45) is 0 Å². The summed E-state index contributed by atoms with van der Waals surface area (Å²) in [6.45, 7) is 2.69. The maximum absolute atomic E-state index is 12.4. The van der Waals surface area contributed by atoms with Gasteiger partial charge in [-0.05, 0) is 30.5 Å². The van der Waals surface area contributed by atoms with Gasteiger partial charge in [-0.1, -0.05) is 18.2 Å². The van der Waals surface area contributed by atoms with Crippen LogP contribution in [-0.4, -0.2) is 36.4 Å². The molecule has 0 bridgehead atoms. The van der Waals surface area contributed by atoms with Crippen LogP contribution in [0, 0.1) is 0 Å². The van der Waals surface area contributed by atoms with Crippen LogP contribution in [0.25, 0.3) is 0 Å². The smallest absolute Gasteiger partial charge is 0.267 e. The molecule has 1 aliphatic heterocycles. The van der Waals surface area contributed by atoms with E-state index in [0.29, 0.717) is 18.8 Å². The second-order valence-corrected chi connectivity index (χ2v) is 6.83. The Kier molecular flexibility index (Phi) is 4.85. The molecule has 0 radical (unpaired) electrons. The molecule has 2 heterocycles. The molecule has 0 fully saturated rings. The van der Waals surface area contributed by atoms with Gasteiger partial charge >= 0.3 is 0 Å². The summed E-state index contributed by atoms with van der Waals surface area (Å²) in [5.74, 6) is 0.597. The first-order valence-corrected chi connectivity index (χ1v) is 8.77. The monoisotopic (exact) mass is 344 g/mol. The van der Waals surface area contributed by atoms with Gasteiger partial charge in [0.25, 0.3) is 5.91 Å². The van der Waals surface area contributed by atoms with Crippen molar-refractivity contribution in [3.63, 3.8) is 0 Å². The van der Waals surface area contributed by atoms with Crippen LogP contribution in [0.15, 0.2) is 41.8 Å². The zero-order chi connectivity index (χ0) is 17.1. The van der Waals surface area contributed by atoms with Crippen molar-refractivity contribution in [1.29, 1.82) is 0 Å². The van der Waals surface area contributed by atoms with E-state index in [1.807, 2.05) is 41.8 Å². The number of ether oxygens (including phenoxy) is 1. The SMILES string of the molecule is CC1Oc2ccccc2N(CCC(=O)N(C)Cc2cccs2)C1=O. The van der Waals surface area contributed by atoms with Gasteiger partial charge in [-0.2, -0.15) is 0 Å². The highest BCUT2D eigenvalue weighted by Gasteiger charge is 2.31. The number of nitrogens with zero attached hydrogens (tertiary/aromatic N) is 2. The Morgan fingerprint density at radius 2 is 2.08 bits per heavy atom. The van der Waals surface area contributed by atoms with Crippen LogP contribution in [0.4, 0.5) is 5.69 Å². The molecule has 0 saturated carbocycles. The number of thiophene rings is 1. The molecule has 0 spiro atoms. The number of benzene rings is 1. The molecule has 0 saturated heterocycles. The highest BCUT2D eigenvalue weighted by Crippen LogP contribution is 2.33. The summed E-state index contributed by atoms with van der Waals surface area (Å²) in [7, 11) is 1.79. The first-order chi connectivity index (χ1) is 11.6. The Bertz CT molecular complexity index is 730. The second kappa shape index (κ2) is 7.05. The number of carbonyl (C=O) groups excluding carboxylic acids is 2. The normalized spacial score (nSPS) is 16.5. The Hall–Kier alpha value is -2.34. The third-order valence-corrected chi connectivity index (χ3v) is 4.88. The van der Waals surface area contributed by atoms with Crippen LogP contribution in [0.2, 0.25) is 0 Å². The fourth-order valence-electron chi connectivity index (χ4n) is 2.71. The lowest BCUT2D eigenvalue weighted by Crippen LogP contribution is -2.45. The summed E-state index contributed by atoms with van der Waals surface area (Å²) in [5.41, 5.74) is 0.731. The average molecular weight is 344 g/mol. The minimum absolute atomic E-state index is 0.0211. The summed E-state index contributed by atoms with van der Waals surface area (Å²) in [6.07, 6.45) is -0.242. The molecular weight excluding hydrogens is 324 g/mol. The number of carbonyl (C=O) groups is 2. The summed E-state index contributed by atoms with van der Waals surface area (Å²) < 4.78 is 5.61. The van der Waals surface area contributed by atoms with E-state index in [1.165, 1.54) is 0 Å². The molecule has 5 nitrogen and oxygen atoms in total. The molecule has 126 valence electrons. The number of amides is 2. The maximum atomic E-state index is 12.4. The zero-order valence-electron chi connectivity index (χ0n) is 13.8. The van der Waals surface area contributed by atoms with E-state index < -0.39 is 6.10 Å². The van der Waals surface area contributed by atoms with Gasteiger partial charge in [-0.3, -0.25) is 9.59 Å². The minimum atomic E-state index is -0.529. The van der Waals surface area contributed by atoms with Crippen molar-refractivity contribution in [3.8, 4) is 5.75 Å². The number of rotatable bonds is 5. The molecule has 2 amide bonds. The van der Waals surface area contributed by atoms with Crippen LogP contribution in [0.1, 0.15) is 18.2 Å². The Labute approximate surface area is 145 Å². The molecule has 1 aromatic heterocycles. The van der Waals surface area contributed by atoms with E-state index in [2.05, 4.69) is 0 Å². The quantitative estimate of drug-likeness (QED) is 0.838. The van der Waals surface area contributed by atoms with Crippen molar-refractivity contribution < 1.29 is 14.3 Å². The third-order valence-electron chi connectivity index (χ3n) is 4.02. The molecule has 6 heteroatoms. The third kappa shape index (κ3) is 3.43. The number of hydrogen-bond donors (Lipinski definition) is 0. The van der Waals surface area contributed by atoms with E-state index >= 15 is 0 Å². The second-order valence-electron chi connectivity index (χ2n) is 5.80. The molecule has 1 unspecified atom stereocenters. The van der Waals surface area contributed by atoms with E-state index in [4.69, 9.17) is 4.74 Å². The predicted octanol–water partition coefficient (Wildman–Crippen LogP) is 2.91. The fourth-order valence-corrected chi connectivity index (χ4v) is 3.47. The molecule has 1 atom stereocenters. The maximum Gasteiger partial charge on any atom is 0.267 e. The van der Waals surface area contributed by atoms with Gasteiger partial charge in [0.1, 0.15) is 5.75 Å². The van der Waals surface area contributed by atoms with Gasteiger partial charge in [-0.15, -0.1) is 11.3 Å². The highest BCUT2D eigenvalue weighted by molar-refractivity contribution is 7.09. The predicted molar refractivity (Wildman–Crippen MR) is 94.3 cm³/mol. The molecule has 0 aliphatic carbocycles. The molecule has 24 heavy (non-hydrogen) atoms. The van der Waals surface area contributed by atoms with Crippen LogP contribution in [0.3, 0.4) is 0 Å². The summed E-state index contributed by atoms with van der Waals surface area (Å²) in [6, 6.07) is 11.4. The lowest BCUT2D eigenvalue weighted by molar-refractivity contribution is -0.130. The van der Waals surface area contributed by atoms with Crippen molar-refractivity contribution in [3.05, 3.63) is 46.7 Å². The molecule has 0 N–H and O–H groups in total. The minimum Gasteiger partial charge on any atom is -0.479 e. The van der Waals surface area contributed by atoms with Crippen molar-refractivity contribution in [1.82, 2.24) is 4.90 Å². The summed E-state index contributed by atoms with van der Waals surface area (Å²) >= 11 is 1.63.